The maximum atomic E-state index is 13.7. The summed E-state index contributed by atoms with van der Waals surface area (Å²) >= 11 is 0. The van der Waals surface area contributed by atoms with Crippen LogP contribution >= 0.6 is 0 Å². The third-order valence-corrected chi connectivity index (χ3v) is 7.10. The van der Waals surface area contributed by atoms with Gasteiger partial charge in [-0.15, -0.1) is 0 Å². The average Bonchev–Trinajstić information content (AvgIpc) is 3.00. The molecule has 2 aromatic carbocycles. The van der Waals surface area contributed by atoms with Crippen molar-refractivity contribution in [1.82, 2.24) is 9.62 Å². The monoisotopic (exact) mass is 432 g/mol. The van der Waals surface area contributed by atoms with Crippen molar-refractivity contribution in [2.24, 2.45) is 0 Å². The third kappa shape index (κ3) is 3.70. The second-order valence-corrected chi connectivity index (χ2v) is 9.12. The van der Waals surface area contributed by atoms with Crippen LogP contribution in [0, 0.1) is 5.82 Å². The molecule has 30 heavy (non-hydrogen) atoms. The summed E-state index contributed by atoms with van der Waals surface area (Å²) in [5.74, 6) is -1.39. The first kappa shape index (κ1) is 20.5. The van der Waals surface area contributed by atoms with E-state index in [1.807, 2.05) is 12.1 Å². The van der Waals surface area contributed by atoms with Crippen molar-refractivity contribution < 1.29 is 27.1 Å². The van der Waals surface area contributed by atoms with E-state index < -0.39 is 26.3 Å². The molecule has 0 radical (unpaired) electrons. The average molecular weight is 432 g/mol. The first-order chi connectivity index (χ1) is 14.3. The maximum Gasteiger partial charge on any atom is 0.339 e. The van der Waals surface area contributed by atoms with Crippen LogP contribution in [0.3, 0.4) is 0 Å². The molecule has 158 valence electrons. The zero-order valence-corrected chi connectivity index (χ0v) is 17.0. The molecule has 1 spiro atoms. The molecule has 2 aliphatic heterocycles. The lowest BCUT2D eigenvalue weighted by Gasteiger charge is -2.38. The largest absolute Gasteiger partial charge is 0.450 e. The molecule has 0 bridgehead atoms. The van der Waals surface area contributed by atoms with Gasteiger partial charge in [0.15, 0.2) is 0 Å². The van der Waals surface area contributed by atoms with E-state index >= 15 is 0 Å². The van der Waals surface area contributed by atoms with Crippen molar-refractivity contribution in [2.45, 2.75) is 29.8 Å². The van der Waals surface area contributed by atoms with Crippen LogP contribution in [0.25, 0.3) is 0 Å². The number of sulfonamides is 1. The third-order valence-electron chi connectivity index (χ3n) is 5.61. The van der Waals surface area contributed by atoms with Crippen molar-refractivity contribution >= 4 is 21.9 Å². The molecule has 0 unspecified atom stereocenters. The Morgan fingerprint density at radius 2 is 1.77 bits per heavy atom. The molecule has 2 heterocycles. The summed E-state index contributed by atoms with van der Waals surface area (Å²) < 4.78 is 46.1. The van der Waals surface area contributed by atoms with E-state index in [0.717, 1.165) is 11.6 Å². The molecule has 0 atom stereocenters. The first-order valence-corrected chi connectivity index (χ1v) is 11.2. The molecule has 1 fully saturated rings. The minimum absolute atomic E-state index is 0.0446. The van der Waals surface area contributed by atoms with Gasteiger partial charge in [-0.25, -0.2) is 22.3 Å². The second kappa shape index (κ2) is 7.81. The Morgan fingerprint density at radius 3 is 2.50 bits per heavy atom. The number of hydrogen-bond donors (Lipinski definition) is 1. The Kier molecular flexibility index (Phi) is 5.33. The highest BCUT2D eigenvalue weighted by Gasteiger charge is 2.47. The zero-order valence-electron chi connectivity index (χ0n) is 16.1. The fourth-order valence-electron chi connectivity index (χ4n) is 4.03. The number of ether oxygens (including phenoxy) is 1. The predicted octanol–water partition coefficient (Wildman–Crippen LogP) is 2.18. The molecule has 9 heteroatoms. The number of hydrogen-bond acceptors (Lipinski definition) is 5. The summed E-state index contributed by atoms with van der Waals surface area (Å²) in [6.07, 6.45) is 0.932. The van der Waals surface area contributed by atoms with Gasteiger partial charge in [0.1, 0.15) is 16.3 Å². The lowest BCUT2D eigenvalue weighted by atomic mass is 9.83. The maximum absolute atomic E-state index is 13.7. The number of likely N-dealkylation sites (tertiary alicyclic amines) is 1. The summed E-state index contributed by atoms with van der Waals surface area (Å²) in [5, 5.41) is 0. The Hall–Kier alpha value is -2.78. The van der Waals surface area contributed by atoms with Gasteiger partial charge in [0.25, 0.3) is 0 Å². The smallest absolute Gasteiger partial charge is 0.339 e. The Balaban J connectivity index is 1.33. The minimum atomic E-state index is -4.03. The Bertz CT molecular complexity index is 1090. The number of carbonyl (C=O) groups is 2. The Labute approximate surface area is 173 Å². The minimum Gasteiger partial charge on any atom is -0.450 e. The number of benzene rings is 2. The molecule has 1 saturated heterocycles. The van der Waals surface area contributed by atoms with Gasteiger partial charge in [-0.2, -0.15) is 0 Å². The van der Waals surface area contributed by atoms with Crippen molar-refractivity contribution in [1.29, 1.82) is 0 Å². The lowest BCUT2D eigenvalue weighted by molar-refractivity contribution is -0.135. The first-order valence-electron chi connectivity index (χ1n) is 9.67. The number of rotatable bonds is 5. The van der Waals surface area contributed by atoms with Gasteiger partial charge in [0.2, 0.25) is 15.9 Å². The fourth-order valence-corrected chi connectivity index (χ4v) is 5.13. The molecular weight excluding hydrogens is 411 g/mol. The van der Waals surface area contributed by atoms with Crippen LogP contribution in [-0.4, -0.2) is 44.8 Å². The molecule has 1 amide bonds. The molecule has 2 aromatic rings. The van der Waals surface area contributed by atoms with E-state index in [4.69, 9.17) is 4.74 Å². The number of halogens is 1. The van der Waals surface area contributed by atoms with Gasteiger partial charge in [0.05, 0.1) is 5.56 Å². The summed E-state index contributed by atoms with van der Waals surface area (Å²) in [7, 11) is -4.03. The highest BCUT2D eigenvalue weighted by molar-refractivity contribution is 7.89. The van der Waals surface area contributed by atoms with Crippen LogP contribution < -0.4 is 4.72 Å². The Morgan fingerprint density at radius 1 is 1.10 bits per heavy atom. The van der Waals surface area contributed by atoms with E-state index in [2.05, 4.69) is 4.72 Å². The molecule has 0 saturated carbocycles. The van der Waals surface area contributed by atoms with Crippen molar-refractivity contribution in [3.63, 3.8) is 0 Å². The van der Waals surface area contributed by atoms with Crippen LogP contribution in [0.2, 0.25) is 0 Å². The highest BCUT2D eigenvalue weighted by Crippen LogP contribution is 2.43. The van der Waals surface area contributed by atoms with Crippen molar-refractivity contribution in [3.8, 4) is 0 Å². The number of piperidine rings is 1. The molecule has 7 nitrogen and oxygen atoms in total. The SMILES string of the molecule is O=C1OC2(CCN(C(=O)CCNS(=O)(=O)c3ccccc3F)CC2)c2ccccc21. The predicted molar refractivity (Wildman–Crippen MR) is 106 cm³/mol. The van der Waals surface area contributed by atoms with Gasteiger partial charge in [-0.05, 0) is 18.2 Å². The number of fused-ring (bicyclic) bond motifs is 2. The van der Waals surface area contributed by atoms with E-state index in [0.29, 0.717) is 31.5 Å². The lowest BCUT2D eigenvalue weighted by Crippen LogP contribution is -2.46. The topological polar surface area (TPSA) is 92.8 Å². The number of esters is 1. The quantitative estimate of drug-likeness (QED) is 0.731. The highest BCUT2D eigenvalue weighted by atomic mass is 32.2. The van der Waals surface area contributed by atoms with Crippen LogP contribution in [0.1, 0.15) is 35.2 Å². The fraction of sp³-hybridized carbons (Fsp3) is 0.333. The molecule has 0 aromatic heterocycles. The van der Waals surface area contributed by atoms with Gasteiger partial charge in [-0.3, -0.25) is 4.79 Å². The van der Waals surface area contributed by atoms with Gasteiger partial charge in [-0.1, -0.05) is 30.3 Å². The van der Waals surface area contributed by atoms with Crippen LogP contribution in [0.4, 0.5) is 4.39 Å². The van der Waals surface area contributed by atoms with Gasteiger partial charge >= 0.3 is 5.97 Å². The normalized spacial score (nSPS) is 17.6. The van der Waals surface area contributed by atoms with Crippen molar-refractivity contribution in [2.75, 3.05) is 19.6 Å². The number of carbonyl (C=O) groups excluding carboxylic acids is 2. The van der Waals surface area contributed by atoms with Crippen LogP contribution in [0.15, 0.2) is 53.4 Å². The van der Waals surface area contributed by atoms with E-state index in [-0.39, 0.29) is 24.8 Å². The van der Waals surface area contributed by atoms with Crippen LogP contribution in [-0.2, 0) is 25.2 Å². The standard InChI is InChI=1S/C21H21FN2O5S/c22-17-7-3-4-8-18(17)30(27,28)23-12-9-19(25)24-13-10-21(11-14-24)16-6-2-1-5-15(16)20(26)29-21/h1-8,23H,9-14H2. The summed E-state index contributed by atoms with van der Waals surface area (Å²) in [4.78, 5) is 25.8. The summed E-state index contributed by atoms with van der Waals surface area (Å²) in [6.45, 7) is 0.677. The molecular formula is C21H21FN2O5S. The number of nitrogens with one attached hydrogen (secondary N) is 1. The molecule has 4 rings (SSSR count). The zero-order chi connectivity index (χ0) is 21.4. The second-order valence-electron chi connectivity index (χ2n) is 7.39. The molecule has 0 aliphatic carbocycles. The summed E-state index contributed by atoms with van der Waals surface area (Å²) in [5.41, 5.74) is 0.733. The van der Waals surface area contributed by atoms with E-state index in [1.165, 1.54) is 18.2 Å². The van der Waals surface area contributed by atoms with Crippen molar-refractivity contribution in [3.05, 3.63) is 65.5 Å². The van der Waals surface area contributed by atoms with Crippen LogP contribution in [0.5, 0.6) is 0 Å². The molecule has 2 aliphatic rings. The van der Waals surface area contributed by atoms with Gasteiger partial charge < -0.3 is 9.64 Å². The van der Waals surface area contributed by atoms with E-state index in [1.54, 1.807) is 17.0 Å². The molecule has 1 N–H and O–H groups in total. The number of nitrogens with zero attached hydrogens (tertiary/aromatic N) is 1. The summed E-state index contributed by atoms with van der Waals surface area (Å²) in [6, 6.07) is 12.4. The van der Waals surface area contributed by atoms with E-state index in [9.17, 15) is 22.4 Å². The van der Waals surface area contributed by atoms with Gasteiger partial charge in [0, 0.05) is 44.5 Å². The number of amides is 1.